The Hall–Kier alpha value is -2.93. The molecule has 3 aromatic heterocycles. The van der Waals surface area contributed by atoms with Gasteiger partial charge in [0.25, 0.3) is 0 Å². The van der Waals surface area contributed by atoms with Gasteiger partial charge in [0.2, 0.25) is 0 Å². The van der Waals surface area contributed by atoms with Crippen LogP contribution in [0.3, 0.4) is 0 Å². The van der Waals surface area contributed by atoms with E-state index in [1.165, 1.54) is 0 Å². The fraction of sp³-hybridized carbons (Fsp3) is 0.235. The van der Waals surface area contributed by atoms with E-state index in [0.717, 1.165) is 34.9 Å². The number of hydrogen-bond donors (Lipinski definition) is 1. The molecule has 7 nitrogen and oxygen atoms in total. The Balaban J connectivity index is 1.80. The van der Waals surface area contributed by atoms with E-state index >= 15 is 0 Å². The highest BCUT2D eigenvalue weighted by molar-refractivity contribution is 5.78. The van der Waals surface area contributed by atoms with Gasteiger partial charge in [-0.3, -0.25) is 4.57 Å². The van der Waals surface area contributed by atoms with Crippen molar-refractivity contribution < 1.29 is 5.11 Å². The smallest absolute Gasteiger partial charge is 0.181 e. The van der Waals surface area contributed by atoms with Crippen molar-refractivity contribution in [2.24, 2.45) is 0 Å². The fourth-order valence-corrected chi connectivity index (χ4v) is 2.94. The minimum Gasteiger partial charge on any atom is -0.395 e. The predicted octanol–water partition coefficient (Wildman–Crippen LogP) is 2.10. The molecule has 0 aliphatic heterocycles. The first-order chi connectivity index (χ1) is 11.8. The molecule has 0 atom stereocenters. The molecule has 0 spiro atoms. The van der Waals surface area contributed by atoms with Crippen LogP contribution in [0.2, 0.25) is 0 Å². The Morgan fingerprint density at radius 2 is 1.83 bits per heavy atom. The lowest BCUT2D eigenvalue weighted by Crippen LogP contribution is -2.03. The van der Waals surface area contributed by atoms with Crippen LogP contribution in [0.15, 0.2) is 49.3 Å². The van der Waals surface area contributed by atoms with E-state index in [-0.39, 0.29) is 6.61 Å². The van der Waals surface area contributed by atoms with Gasteiger partial charge in [-0.05, 0) is 25.1 Å². The van der Waals surface area contributed by atoms with Crippen molar-refractivity contribution in [2.75, 3.05) is 6.61 Å². The zero-order valence-corrected chi connectivity index (χ0v) is 13.4. The van der Waals surface area contributed by atoms with Crippen molar-refractivity contribution in [3.8, 4) is 17.3 Å². The third-order valence-electron chi connectivity index (χ3n) is 4.12. The molecule has 0 saturated heterocycles. The second-order valence-corrected chi connectivity index (χ2v) is 5.49. The largest absolute Gasteiger partial charge is 0.395 e. The Morgan fingerprint density at radius 1 is 1.00 bits per heavy atom. The second-order valence-electron chi connectivity index (χ2n) is 5.49. The summed E-state index contributed by atoms with van der Waals surface area (Å²) in [6, 6.07) is 6.07. The molecule has 4 aromatic rings. The average molecular weight is 322 g/mol. The van der Waals surface area contributed by atoms with Gasteiger partial charge in [0, 0.05) is 43.6 Å². The van der Waals surface area contributed by atoms with Gasteiger partial charge in [-0.15, -0.1) is 0 Å². The van der Waals surface area contributed by atoms with E-state index in [1.54, 1.807) is 18.7 Å². The van der Waals surface area contributed by atoms with Gasteiger partial charge in [0.1, 0.15) is 0 Å². The van der Waals surface area contributed by atoms with Crippen LogP contribution in [0, 0.1) is 0 Å². The number of benzene rings is 1. The molecule has 0 radical (unpaired) electrons. The first kappa shape index (κ1) is 14.6. The van der Waals surface area contributed by atoms with Crippen molar-refractivity contribution in [1.29, 1.82) is 0 Å². The van der Waals surface area contributed by atoms with E-state index < -0.39 is 0 Å². The topological polar surface area (TPSA) is 73.7 Å². The zero-order chi connectivity index (χ0) is 16.5. The highest BCUT2D eigenvalue weighted by Gasteiger charge is 2.13. The van der Waals surface area contributed by atoms with Crippen LogP contribution in [-0.2, 0) is 13.1 Å². The van der Waals surface area contributed by atoms with E-state index in [9.17, 15) is 0 Å². The van der Waals surface area contributed by atoms with Crippen molar-refractivity contribution in [2.45, 2.75) is 20.0 Å². The summed E-state index contributed by atoms with van der Waals surface area (Å²) in [4.78, 5) is 13.3. The second kappa shape index (κ2) is 5.93. The summed E-state index contributed by atoms with van der Waals surface area (Å²) in [5, 5.41) is 9.12. The summed E-state index contributed by atoms with van der Waals surface area (Å²) < 4.78 is 6.02. The molecule has 7 heteroatoms. The van der Waals surface area contributed by atoms with Gasteiger partial charge in [0.05, 0.1) is 24.0 Å². The van der Waals surface area contributed by atoms with Crippen LogP contribution in [-0.4, -0.2) is 40.4 Å². The Bertz CT molecular complexity index is 980. The van der Waals surface area contributed by atoms with E-state index in [4.69, 9.17) is 5.11 Å². The first-order valence-electron chi connectivity index (χ1n) is 7.92. The van der Waals surface area contributed by atoms with Crippen molar-refractivity contribution in [3.05, 3.63) is 49.3 Å². The summed E-state index contributed by atoms with van der Waals surface area (Å²) in [5.74, 6) is 1.64. The molecule has 0 bridgehead atoms. The zero-order valence-electron chi connectivity index (χ0n) is 13.4. The van der Waals surface area contributed by atoms with Crippen LogP contribution in [0.25, 0.3) is 28.4 Å². The Morgan fingerprint density at radius 3 is 2.67 bits per heavy atom. The molecule has 1 aromatic carbocycles. The molecule has 0 aliphatic carbocycles. The predicted molar refractivity (Wildman–Crippen MR) is 90.8 cm³/mol. The maximum atomic E-state index is 9.12. The third kappa shape index (κ3) is 2.30. The quantitative estimate of drug-likeness (QED) is 0.610. The number of aromatic nitrogens is 6. The molecule has 24 heavy (non-hydrogen) atoms. The molecule has 0 fully saturated rings. The molecular weight excluding hydrogens is 304 g/mol. The van der Waals surface area contributed by atoms with Crippen LogP contribution in [0.1, 0.15) is 6.92 Å². The monoisotopic (exact) mass is 322 g/mol. The van der Waals surface area contributed by atoms with Crippen LogP contribution < -0.4 is 0 Å². The lowest BCUT2D eigenvalue weighted by atomic mass is 10.2. The number of nitrogens with zero attached hydrogens (tertiary/aromatic N) is 6. The van der Waals surface area contributed by atoms with Gasteiger partial charge >= 0.3 is 0 Å². The SMILES string of the molecule is CCn1ccnc1-c1nccn1-c1ccc2c(c1)ncn2CCO. The minimum absolute atomic E-state index is 0.0958. The summed E-state index contributed by atoms with van der Waals surface area (Å²) in [7, 11) is 0. The van der Waals surface area contributed by atoms with Gasteiger partial charge in [-0.25, -0.2) is 15.0 Å². The number of hydrogen-bond acceptors (Lipinski definition) is 4. The summed E-state index contributed by atoms with van der Waals surface area (Å²) in [5.41, 5.74) is 2.87. The molecule has 3 heterocycles. The van der Waals surface area contributed by atoms with E-state index in [0.29, 0.717) is 6.54 Å². The number of rotatable bonds is 5. The van der Waals surface area contributed by atoms with Crippen LogP contribution >= 0.6 is 0 Å². The highest BCUT2D eigenvalue weighted by Crippen LogP contribution is 2.23. The fourth-order valence-electron chi connectivity index (χ4n) is 2.94. The standard InChI is InChI=1S/C17H18N6O/c1-2-21-7-5-18-16(21)17-19-6-8-23(17)13-3-4-15-14(11-13)20-12-22(15)9-10-24/h3-8,11-12,24H,2,9-10H2,1H3. The lowest BCUT2D eigenvalue weighted by molar-refractivity contribution is 0.278. The number of aliphatic hydroxyl groups excluding tert-OH is 1. The van der Waals surface area contributed by atoms with Gasteiger partial charge < -0.3 is 14.2 Å². The maximum Gasteiger partial charge on any atom is 0.181 e. The maximum absolute atomic E-state index is 9.12. The van der Waals surface area contributed by atoms with Crippen molar-refractivity contribution >= 4 is 11.0 Å². The molecule has 0 saturated carbocycles. The normalized spacial score (nSPS) is 11.4. The molecule has 0 amide bonds. The summed E-state index contributed by atoms with van der Waals surface area (Å²) in [6.45, 7) is 3.56. The van der Waals surface area contributed by atoms with E-state index in [1.807, 2.05) is 39.7 Å². The molecular formula is C17H18N6O. The number of aryl methyl sites for hydroxylation is 1. The third-order valence-corrected chi connectivity index (χ3v) is 4.12. The average Bonchev–Trinajstić information content (AvgIpc) is 3.33. The summed E-state index contributed by atoms with van der Waals surface area (Å²) >= 11 is 0. The van der Waals surface area contributed by atoms with Gasteiger partial charge in [-0.1, -0.05) is 0 Å². The lowest BCUT2D eigenvalue weighted by Gasteiger charge is -2.09. The Labute approximate surface area is 138 Å². The Kier molecular flexibility index (Phi) is 3.62. The van der Waals surface area contributed by atoms with Gasteiger partial charge in [-0.2, -0.15) is 0 Å². The van der Waals surface area contributed by atoms with Crippen LogP contribution in [0.4, 0.5) is 0 Å². The minimum atomic E-state index is 0.0958. The molecule has 0 unspecified atom stereocenters. The molecule has 1 N–H and O–H groups in total. The van der Waals surface area contributed by atoms with E-state index in [2.05, 4.69) is 26.4 Å². The highest BCUT2D eigenvalue weighted by atomic mass is 16.3. The summed E-state index contributed by atoms with van der Waals surface area (Å²) in [6.07, 6.45) is 9.20. The molecule has 4 rings (SSSR count). The van der Waals surface area contributed by atoms with Gasteiger partial charge in [0.15, 0.2) is 11.6 Å². The van der Waals surface area contributed by atoms with Crippen molar-refractivity contribution in [3.63, 3.8) is 0 Å². The number of imidazole rings is 3. The van der Waals surface area contributed by atoms with Crippen LogP contribution in [0.5, 0.6) is 0 Å². The number of fused-ring (bicyclic) bond motifs is 1. The first-order valence-corrected chi connectivity index (χ1v) is 7.92. The number of aliphatic hydroxyl groups is 1. The van der Waals surface area contributed by atoms with Crippen molar-refractivity contribution in [1.82, 2.24) is 28.7 Å². The molecule has 0 aliphatic rings. The molecule has 122 valence electrons.